The maximum atomic E-state index is 11.7. The van der Waals surface area contributed by atoms with Crippen LogP contribution in [0.5, 0.6) is 0 Å². The van der Waals surface area contributed by atoms with Crippen molar-refractivity contribution in [2.45, 2.75) is 18.4 Å². The molecule has 0 bridgehead atoms. The van der Waals surface area contributed by atoms with Crippen molar-refractivity contribution in [3.05, 3.63) is 29.0 Å². The van der Waals surface area contributed by atoms with E-state index >= 15 is 0 Å². The molecule has 1 amide bonds. The molecule has 4 nitrogen and oxygen atoms in total. The van der Waals surface area contributed by atoms with Crippen molar-refractivity contribution in [3.63, 3.8) is 0 Å². The van der Waals surface area contributed by atoms with Gasteiger partial charge in [-0.15, -0.1) is 0 Å². The number of carbonyl (C=O) groups excluding carboxylic acids is 1. The topological polar surface area (TPSA) is 62.2 Å². The molecule has 80 valence electrons. The van der Waals surface area contributed by atoms with E-state index in [1.807, 2.05) is 0 Å². The predicted molar refractivity (Wildman–Crippen MR) is 55.8 cm³/mol. The van der Waals surface area contributed by atoms with Gasteiger partial charge in [-0.25, -0.2) is 0 Å². The summed E-state index contributed by atoms with van der Waals surface area (Å²) in [6.45, 7) is -0.0263. The Balaban J connectivity index is 2.12. The zero-order valence-corrected chi connectivity index (χ0v) is 8.79. The van der Waals surface area contributed by atoms with E-state index < -0.39 is 5.54 Å². The number of nitrogens with zero attached hydrogens (tertiary/aromatic N) is 1. The summed E-state index contributed by atoms with van der Waals surface area (Å²) in [5.74, 6) is -0.256. The largest absolute Gasteiger partial charge is 0.394 e. The van der Waals surface area contributed by atoms with E-state index in [4.69, 9.17) is 16.7 Å². The van der Waals surface area contributed by atoms with Crippen LogP contribution in [0, 0.1) is 0 Å². The van der Waals surface area contributed by atoms with Gasteiger partial charge in [0, 0.05) is 12.4 Å². The number of aliphatic hydroxyl groups excluding tert-OH is 1. The summed E-state index contributed by atoms with van der Waals surface area (Å²) in [5, 5.41) is 12.2. The molecule has 1 heterocycles. The minimum atomic E-state index is -0.413. The van der Waals surface area contributed by atoms with Crippen molar-refractivity contribution in [2.24, 2.45) is 0 Å². The molecule has 1 aromatic rings. The fourth-order valence-corrected chi connectivity index (χ4v) is 1.55. The number of amides is 1. The average Bonchev–Trinajstić information content (AvgIpc) is 2.99. The Morgan fingerprint density at radius 2 is 2.40 bits per heavy atom. The van der Waals surface area contributed by atoms with Crippen LogP contribution in [0.15, 0.2) is 18.5 Å². The maximum absolute atomic E-state index is 11.7. The molecule has 5 heteroatoms. The summed E-state index contributed by atoms with van der Waals surface area (Å²) in [7, 11) is 0. The molecule has 1 aliphatic rings. The molecule has 2 N–H and O–H groups in total. The van der Waals surface area contributed by atoms with Crippen molar-refractivity contribution in [1.82, 2.24) is 10.3 Å². The number of aromatic nitrogens is 1. The van der Waals surface area contributed by atoms with Gasteiger partial charge in [-0.05, 0) is 18.9 Å². The standard InChI is InChI=1S/C10H11ClN2O2/c11-8-5-12-4-1-7(8)9(15)13-10(6-14)2-3-10/h1,4-5,14H,2-3,6H2,(H,13,15). The summed E-state index contributed by atoms with van der Waals surface area (Å²) in [6.07, 6.45) is 4.57. The summed E-state index contributed by atoms with van der Waals surface area (Å²) in [5.41, 5.74) is -0.0182. The molecule has 0 aliphatic heterocycles. The van der Waals surface area contributed by atoms with Crippen molar-refractivity contribution in [1.29, 1.82) is 0 Å². The van der Waals surface area contributed by atoms with E-state index in [9.17, 15) is 4.79 Å². The summed E-state index contributed by atoms with van der Waals surface area (Å²) in [6, 6.07) is 1.56. The quantitative estimate of drug-likeness (QED) is 0.808. The van der Waals surface area contributed by atoms with E-state index in [1.54, 1.807) is 6.07 Å². The number of halogens is 1. The smallest absolute Gasteiger partial charge is 0.253 e. The van der Waals surface area contributed by atoms with Crippen LogP contribution in [-0.4, -0.2) is 28.1 Å². The van der Waals surface area contributed by atoms with Gasteiger partial charge in [0.05, 0.1) is 22.7 Å². The Hall–Kier alpha value is -1.13. The lowest BCUT2D eigenvalue weighted by molar-refractivity contribution is 0.0907. The van der Waals surface area contributed by atoms with Crippen LogP contribution in [0.4, 0.5) is 0 Å². The van der Waals surface area contributed by atoms with Gasteiger partial charge in [-0.2, -0.15) is 0 Å². The second kappa shape index (κ2) is 3.79. The molecule has 0 unspecified atom stereocenters. The number of carbonyl (C=O) groups is 1. The van der Waals surface area contributed by atoms with Crippen LogP contribution in [0.3, 0.4) is 0 Å². The highest BCUT2D eigenvalue weighted by Crippen LogP contribution is 2.35. The van der Waals surface area contributed by atoms with Crippen molar-refractivity contribution >= 4 is 17.5 Å². The normalized spacial score (nSPS) is 17.2. The van der Waals surface area contributed by atoms with E-state index in [2.05, 4.69) is 10.3 Å². The first-order valence-corrected chi connectivity index (χ1v) is 5.08. The van der Waals surface area contributed by atoms with Gasteiger partial charge in [0.25, 0.3) is 5.91 Å². The molecule has 0 atom stereocenters. The number of aliphatic hydroxyl groups is 1. The molecular formula is C10H11ClN2O2. The Labute approximate surface area is 92.3 Å². The van der Waals surface area contributed by atoms with Crippen molar-refractivity contribution in [3.8, 4) is 0 Å². The fourth-order valence-electron chi connectivity index (χ4n) is 1.34. The summed E-state index contributed by atoms with van der Waals surface area (Å²) < 4.78 is 0. The molecular weight excluding hydrogens is 216 g/mol. The summed E-state index contributed by atoms with van der Waals surface area (Å²) in [4.78, 5) is 15.5. The summed E-state index contributed by atoms with van der Waals surface area (Å²) >= 11 is 5.83. The van der Waals surface area contributed by atoms with Gasteiger partial charge >= 0.3 is 0 Å². The molecule has 0 spiro atoms. The molecule has 0 radical (unpaired) electrons. The highest BCUT2D eigenvalue weighted by atomic mass is 35.5. The highest BCUT2D eigenvalue weighted by Gasteiger charge is 2.43. The van der Waals surface area contributed by atoms with Crippen LogP contribution in [0.2, 0.25) is 5.02 Å². The number of pyridine rings is 1. The Kier molecular flexibility index (Phi) is 2.63. The molecule has 0 saturated heterocycles. The SMILES string of the molecule is O=C(NC1(CO)CC1)c1ccncc1Cl. The monoisotopic (exact) mass is 226 g/mol. The lowest BCUT2D eigenvalue weighted by Gasteiger charge is -2.14. The van der Waals surface area contributed by atoms with Crippen molar-refractivity contribution in [2.75, 3.05) is 6.61 Å². The third-order valence-corrected chi connectivity index (χ3v) is 2.85. The van der Waals surface area contributed by atoms with Crippen molar-refractivity contribution < 1.29 is 9.90 Å². The first kappa shape index (κ1) is 10.4. The Morgan fingerprint density at radius 3 is 2.93 bits per heavy atom. The molecule has 2 rings (SSSR count). The average molecular weight is 227 g/mol. The zero-order chi connectivity index (χ0) is 10.9. The molecule has 1 aliphatic carbocycles. The van der Waals surface area contributed by atoms with Gasteiger partial charge in [0.15, 0.2) is 0 Å². The highest BCUT2D eigenvalue weighted by molar-refractivity contribution is 6.33. The van der Waals surface area contributed by atoms with E-state index in [1.165, 1.54) is 12.4 Å². The van der Waals surface area contributed by atoms with E-state index in [0.717, 1.165) is 12.8 Å². The first-order chi connectivity index (χ1) is 7.17. The van der Waals surface area contributed by atoms with Crippen LogP contribution < -0.4 is 5.32 Å². The molecule has 1 saturated carbocycles. The first-order valence-electron chi connectivity index (χ1n) is 4.70. The lowest BCUT2D eigenvalue weighted by Crippen LogP contribution is -2.39. The minimum Gasteiger partial charge on any atom is -0.394 e. The number of nitrogens with one attached hydrogen (secondary N) is 1. The predicted octanol–water partition coefficient (Wildman–Crippen LogP) is 0.990. The van der Waals surface area contributed by atoms with Gasteiger partial charge in [-0.1, -0.05) is 11.6 Å². The van der Waals surface area contributed by atoms with Crippen LogP contribution >= 0.6 is 11.6 Å². The molecule has 0 aromatic carbocycles. The second-order valence-electron chi connectivity index (χ2n) is 3.75. The third-order valence-electron chi connectivity index (χ3n) is 2.55. The van der Waals surface area contributed by atoms with Gasteiger partial charge in [0.2, 0.25) is 0 Å². The van der Waals surface area contributed by atoms with E-state index in [-0.39, 0.29) is 12.5 Å². The van der Waals surface area contributed by atoms with Crippen LogP contribution in [0.1, 0.15) is 23.2 Å². The lowest BCUT2D eigenvalue weighted by atomic mass is 10.2. The number of hydrogen-bond acceptors (Lipinski definition) is 3. The van der Waals surface area contributed by atoms with E-state index in [0.29, 0.717) is 10.6 Å². The number of rotatable bonds is 3. The second-order valence-corrected chi connectivity index (χ2v) is 4.16. The van der Waals surface area contributed by atoms with Gasteiger partial charge < -0.3 is 10.4 Å². The Morgan fingerprint density at radius 1 is 1.67 bits per heavy atom. The Bertz CT molecular complexity index is 391. The zero-order valence-electron chi connectivity index (χ0n) is 8.03. The maximum Gasteiger partial charge on any atom is 0.253 e. The van der Waals surface area contributed by atoms with Gasteiger partial charge in [0.1, 0.15) is 0 Å². The van der Waals surface area contributed by atoms with Crippen LogP contribution in [0.25, 0.3) is 0 Å². The molecule has 1 fully saturated rings. The number of hydrogen-bond donors (Lipinski definition) is 2. The molecule has 15 heavy (non-hydrogen) atoms. The minimum absolute atomic E-state index is 0.0263. The van der Waals surface area contributed by atoms with Gasteiger partial charge in [-0.3, -0.25) is 9.78 Å². The van der Waals surface area contributed by atoms with Crippen LogP contribution in [-0.2, 0) is 0 Å². The fraction of sp³-hybridized carbons (Fsp3) is 0.400. The third kappa shape index (κ3) is 2.11. The molecule has 1 aromatic heterocycles.